The number of benzene rings is 1. The highest BCUT2D eigenvalue weighted by molar-refractivity contribution is 5.48. The number of rotatable bonds is 7. The molecule has 0 amide bonds. The molecule has 2 unspecified atom stereocenters. The first-order chi connectivity index (χ1) is 9.63. The first-order valence-corrected chi connectivity index (χ1v) is 7.20. The molecule has 0 aromatic heterocycles. The minimum Gasteiger partial charge on any atom is -0.496 e. The maximum Gasteiger partial charge on any atom is 0.123 e. The highest BCUT2D eigenvalue weighted by Gasteiger charge is 2.21. The van der Waals surface area contributed by atoms with E-state index in [1.165, 1.54) is 5.56 Å². The summed E-state index contributed by atoms with van der Waals surface area (Å²) in [6.07, 6.45) is 1.23. The van der Waals surface area contributed by atoms with Gasteiger partial charge in [0.15, 0.2) is 0 Å². The average molecular weight is 279 g/mol. The Balaban J connectivity index is 1.99. The van der Waals surface area contributed by atoms with Crippen LogP contribution < -0.4 is 14.8 Å². The molecule has 2 rings (SSSR count). The predicted octanol–water partition coefficient (Wildman–Crippen LogP) is 2.39. The molecule has 4 nitrogen and oxygen atoms in total. The molecule has 0 radical (unpaired) electrons. The molecule has 0 spiro atoms. The van der Waals surface area contributed by atoms with Gasteiger partial charge >= 0.3 is 0 Å². The number of methoxy groups -OCH3 is 2. The van der Waals surface area contributed by atoms with Gasteiger partial charge in [-0.2, -0.15) is 0 Å². The minimum absolute atomic E-state index is 0.264. The summed E-state index contributed by atoms with van der Waals surface area (Å²) >= 11 is 0. The first-order valence-electron chi connectivity index (χ1n) is 7.20. The second-order valence-electron chi connectivity index (χ2n) is 5.60. The molecule has 112 valence electrons. The molecule has 0 fully saturated rings. The largest absolute Gasteiger partial charge is 0.496 e. The van der Waals surface area contributed by atoms with E-state index in [-0.39, 0.29) is 6.10 Å². The molecule has 0 bridgehead atoms. The third kappa shape index (κ3) is 3.64. The Bertz CT molecular complexity index is 448. The normalized spacial score (nSPS) is 18.5. The maximum absolute atomic E-state index is 5.81. The average Bonchev–Trinajstić information content (AvgIpc) is 2.77. The Morgan fingerprint density at radius 1 is 1.40 bits per heavy atom. The first kappa shape index (κ1) is 15.1. The van der Waals surface area contributed by atoms with Crippen molar-refractivity contribution >= 4 is 0 Å². The SMILES string of the molecule is COCC(C)CNCc1cc2c(cc1OC)CC(C)O2. The number of nitrogens with one attached hydrogen (secondary N) is 1. The standard InChI is InChI=1S/C16H25NO3/c1-11(10-18-3)8-17-9-14-7-16-13(5-12(2)20-16)6-15(14)19-4/h6-7,11-12,17H,5,8-10H2,1-4H3. The molecule has 4 heteroatoms. The second-order valence-corrected chi connectivity index (χ2v) is 5.60. The molecule has 20 heavy (non-hydrogen) atoms. The van der Waals surface area contributed by atoms with E-state index in [2.05, 4.69) is 31.3 Å². The van der Waals surface area contributed by atoms with Gasteiger partial charge in [0, 0.05) is 44.4 Å². The summed E-state index contributed by atoms with van der Waals surface area (Å²) in [6.45, 7) is 6.74. The molecule has 1 aliphatic heterocycles. The van der Waals surface area contributed by atoms with Crippen molar-refractivity contribution in [3.63, 3.8) is 0 Å². The predicted molar refractivity (Wildman–Crippen MR) is 79.5 cm³/mol. The van der Waals surface area contributed by atoms with Crippen LogP contribution in [0.4, 0.5) is 0 Å². The fourth-order valence-electron chi connectivity index (χ4n) is 2.61. The summed E-state index contributed by atoms with van der Waals surface area (Å²) in [5.41, 5.74) is 2.39. The zero-order valence-corrected chi connectivity index (χ0v) is 12.9. The number of fused-ring (bicyclic) bond motifs is 1. The Hall–Kier alpha value is -1.26. The van der Waals surface area contributed by atoms with Crippen molar-refractivity contribution in [2.45, 2.75) is 32.9 Å². The smallest absolute Gasteiger partial charge is 0.123 e. The van der Waals surface area contributed by atoms with E-state index in [4.69, 9.17) is 14.2 Å². The van der Waals surface area contributed by atoms with Crippen molar-refractivity contribution in [3.8, 4) is 11.5 Å². The van der Waals surface area contributed by atoms with Gasteiger partial charge in [0.25, 0.3) is 0 Å². The van der Waals surface area contributed by atoms with Crippen LogP contribution in [0.15, 0.2) is 12.1 Å². The van der Waals surface area contributed by atoms with E-state index in [1.807, 2.05) is 0 Å². The fraction of sp³-hybridized carbons (Fsp3) is 0.625. The van der Waals surface area contributed by atoms with Crippen molar-refractivity contribution in [2.24, 2.45) is 5.92 Å². The van der Waals surface area contributed by atoms with Crippen LogP contribution >= 0.6 is 0 Å². The van der Waals surface area contributed by atoms with Crippen LogP contribution in [0, 0.1) is 5.92 Å². The van der Waals surface area contributed by atoms with Crippen molar-refractivity contribution in [1.82, 2.24) is 5.32 Å². The molecular weight excluding hydrogens is 254 g/mol. The number of ether oxygens (including phenoxy) is 3. The van der Waals surface area contributed by atoms with Gasteiger partial charge < -0.3 is 19.5 Å². The van der Waals surface area contributed by atoms with Gasteiger partial charge in [0.1, 0.15) is 17.6 Å². The Labute approximate surface area is 121 Å². The van der Waals surface area contributed by atoms with Crippen LogP contribution in [-0.4, -0.2) is 33.5 Å². The van der Waals surface area contributed by atoms with Crippen molar-refractivity contribution < 1.29 is 14.2 Å². The third-order valence-electron chi connectivity index (χ3n) is 3.56. The highest BCUT2D eigenvalue weighted by Crippen LogP contribution is 2.34. The van der Waals surface area contributed by atoms with Crippen molar-refractivity contribution in [3.05, 3.63) is 23.3 Å². The van der Waals surface area contributed by atoms with E-state index >= 15 is 0 Å². The monoisotopic (exact) mass is 279 g/mol. The number of hydrogen-bond donors (Lipinski definition) is 1. The van der Waals surface area contributed by atoms with E-state index in [0.29, 0.717) is 5.92 Å². The lowest BCUT2D eigenvalue weighted by Gasteiger charge is -2.14. The van der Waals surface area contributed by atoms with Crippen molar-refractivity contribution in [2.75, 3.05) is 27.4 Å². The van der Waals surface area contributed by atoms with Gasteiger partial charge in [0.2, 0.25) is 0 Å². The summed E-state index contributed by atoms with van der Waals surface area (Å²) in [4.78, 5) is 0. The Morgan fingerprint density at radius 3 is 2.90 bits per heavy atom. The molecule has 0 saturated carbocycles. The molecule has 1 heterocycles. The molecule has 2 atom stereocenters. The quantitative estimate of drug-likeness (QED) is 0.832. The molecule has 1 aromatic carbocycles. The summed E-state index contributed by atoms with van der Waals surface area (Å²) in [5.74, 6) is 2.44. The molecule has 0 saturated heterocycles. The lowest BCUT2D eigenvalue weighted by molar-refractivity contribution is 0.158. The molecule has 1 aliphatic rings. The molecular formula is C16H25NO3. The Kier molecular flexibility index (Phi) is 5.26. The minimum atomic E-state index is 0.264. The summed E-state index contributed by atoms with van der Waals surface area (Å²) in [6, 6.07) is 4.21. The lowest BCUT2D eigenvalue weighted by atomic mass is 10.1. The number of hydrogen-bond acceptors (Lipinski definition) is 4. The lowest BCUT2D eigenvalue weighted by Crippen LogP contribution is -2.23. The van der Waals surface area contributed by atoms with E-state index in [9.17, 15) is 0 Å². The van der Waals surface area contributed by atoms with Crippen LogP contribution in [0.25, 0.3) is 0 Å². The van der Waals surface area contributed by atoms with Gasteiger partial charge in [-0.15, -0.1) is 0 Å². The van der Waals surface area contributed by atoms with E-state index in [0.717, 1.165) is 43.2 Å². The van der Waals surface area contributed by atoms with Crippen LogP contribution in [0.3, 0.4) is 0 Å². The molecule has 0 aliphatic carbocycles. The highest BCUT2D eigenvalue weighted by atomic mass is 16.5. The molecule has 1 N–H and O–H groups in total. The van der Waals surface area contributed by atoms with Gasteiger partial charge in [0.05, 0.1) is 7.11 Å². The van der Waals surface area contributed by atoms with Crippen LogP contribution in [0.5, 0.6) is 11.5 Å². The molecule has 1 aromatic rings. The summed E-state index contributed by atoms with van der Waals surface area (Å²) in [5, 5.41) is 3.45. The maximum atomic E-state index is 5.81. The van der Waals surface area contributed by atoms with Crippen molar-refractivity contribution in [1.29, 1.82) is 0 Å². The summed E-state index contributed by atoms with van der Waals surface area (Å²) < 4.78 is 16.4. The topological polar surface area (TPSA) is 39.7 Å². The zero-order valence-electron chi connectivity index (χ0n) is 12.9. The van der Waals surface area contributed by atoms with Crippen LogP contribution in [0.1, 0.15) is 25.0 Å². The van der Waals surface area contributed by atoms with Gasteiger partial charge in [-0.25, -0.2) is 0 Å². The zero-order chi connectivity index (χ0) is 14.5. The van der Waals surface area contributed by atoms with E-state index in [1.54, 1.807) is 14.2 Å². The van der Waals surface area contributed by atoms with Gasteiger partial charge in [-0.1, -0.05) is 6.92 Å². The van der Waals surface area contributed by atoms with Gasteiger partial charge in [-0.3, -0.25) is 0 Å². The van der Waals surface area contributed by atoms with Gasteiger partial charge in [-0.05, 0) is 25.0 Å². The van der Waals surface area contributed by atoms with Crippen LogP contribution in [-0.2, 0) is 17.7 Å². The second kappa shape index (κ2) is 6.95. The van der Waals surface area contributed by atoms with Crippen LogP contribution in [0.2, 0.25) is 0 Å². The van der Waals surface area contributed by atoms with E-state index < -0.39 is 0 Å². The summed E-state index contributed by atoms with van der Waals surface area (Å²) in [7, 11) is 3.45. The fourth-order valence-corrected chi connectivity index (χ4v) is 2.61. The third-order valence-corrected chi connectivity index (χ3v) is 3.56. The Morgan fingerprint density at radius 2 is 2.20 bits per heavy atom.